The van der Waals surface area contributed by atoms with E-state index in [1.807, 2.05) is 12.1 Å². The smallest absolute Gasteiger partial charge is 0.120 e. The third-order valence-electron chi connectivity index (χ3n) is 3.36. The number of likely N-dealkylation sites (tertiary alicyclic amines) is 1. The molecule has 0 radical (unpaired) electrons. The summed E-state index contributed by atoms with van der Waals surface area (Å²) in [5, 5.41) is 17.8. The van der Waals surface area contributed by atoms with Crippen molar-refractivity contribution in [1.29, 1.82) is 10.5 Å². The molecular weight excluding hydrogens is 238 g/mol. The van der Waals surface area contributed by atoms with Crippen molar-refractivity contribution in [2.24, 2.45) is 0 Å². The fraction of sp³-hybridized carbons (Fsp3) is 0.467. The molecular formula is C15H17N3O. The average Bonchev–Trinajstić information content (AvgIpc) is 2.48. The van der Waals surface area contributed by atoms with Crippen LogP contribution in [-0.4, -0.2) is 31.1 Å². The highest BCUT2D eigenvalue weighted by Gasteiger charge is 2.10. The minimum Gasteiger partial charge on any atom is -0.492 e. The molecule has 19 heavy (non-hydrogen) atoms. The van der Waals surface area contributed by atoms with Crippen molar-refractivity contribution in [3.8, 4) is 17.9 Å². The fourth-order valence-electron chi connectivity index (χ4n) is 2.28. The number of hydrogen-bond acceptors (Lipinski definition) is 4. The van der Waals surface area contributed by atoms with Crippen molar-refractivity contribution in [2.45, 2.75) is 19.3 Å². The Kier molecular flexibility index (Phi) is 4.78. The van der Waals surface area contributed by atoms with Gasteiger partial charge in [-0.05, 0) is 44.1 Å². The second kappa shape index (κ2) is 6.78. The third kappa shape index (κ3) is 3.71. The van der Waals surface area contributed by atoms with Crippen LogP contribution in [-0.2, 0) is 0 Å². The molecule has 2 rings (SSSR count). The molecule has 1 aromatic rings. The van der Waals surface area contributed by atoms with E-state index in [1.54, 1.807) is 18.2 Å². The number of benzene rings is 1. The summed E-state index contributed by atoms with van der Waals surface area (Å²) in [5.74, 6) is 0.660. The van der Waals surface area contributed by atoms with Gasteiger partial charge in [0.25, 0.3) is 0 Å². The van der Waals surface area contributed by atoms with E-state index in [0.717, 1.165) is 19.6 Å². The van der Waals surface area contributed by atoms with Gasteiger partial charge in [0, 0.05) is 6.54 Å². The van der Waals surface area contributed by atoms with E-state index in [0.29, 0.717) is 23.5 Å². The van der Waals surface area contributed by atoms with E-state index in [2.05, 4.69) is 4.90 Å². The van der Waals surface area contributed by atoms with Gasteiger partial charge in [0.2, 0.25) is 0 Å². The predicted molar refractivity (Wildman–Crippen MR) is 71.7 cm³/mol. The van der Waals surface area contributed by atoms with Gasteiger partial charge in [0.1, 0.15) is 24.5 Å². The van der Waals surface area contributed by atoms with Crippen LogP contribution in [0.4, 0.5) is 0 Å². The zero-order valence-corrected chi connectivity index (χ0v) is 10.9. The number of piperidine rings is 1. The van der Waals surface area contributed by atoms with Crippen LogP contribution < -0.4 is 4.74 Å². The molecule has 1 aliphatic heterocycles. The molecule has 4 nitrogen and oxygen atoms in total. The van der Waals surface area contributed by atoms with Crippen LogP contribution in [0, 0.1) is 22.7 Å². The molecule has 0 bridgehead atoms. The minimum absolute atomic E-state index is 0.373. The summed E-state index contributed by atoms with van der Waals surface area (Å²) in [6.45, 7) is 3.85. The maximum absolute atomic E-state index is 8.94. The molecule has 0 aromatic heterocycles. The number of hydrogen-bond donors (Lipinski definition) is 0. The molecule has 1 aliphatic rings. The Labute approximate surface area is 113 Å². The van der Waals surface area contributed by atoms with E-state index < -0.39 is 0 Å². The van der Waals surface area contributed by atoms with E-state index in [4.69, 9.17) is 15.3 Å². The SMILES string of the molecule is N#Cc1ccc(OCCN2CCCCC2)cc1C#N. The molecule has 0 atom stereocenters. The third-order valence-corrected chi connectivity index (χ3v) is 3.36. The molecule has 0 spiro atoms. The first-order chi connectivity index (χ1) is 9.33. The maximum Gasteiger partial charge on any atom is 0.120 e. The number of ether oxygens (including phenoxy) is 1. The predicted octanol–water partition coefficient (Wildman–Crippen LogP) is 2.29. The molecule has 1 fully saturated rings. The summed E-state index contributed by atoms with van der Waals surface area (Å²) < 4.78 is 5.65. The Morgan fingerprint density at radius 1 is 1.05 bits per heavy atom. The number of rotatable bonds is 4. The van der Waals surface area contributed by atoms with E-state index in [9.17, 15) is 0 Å². The van der Waals surface area contributed by atoms with Crippen LogP contribution >= 0.6 is 0 Å². The van der Waals surface area contributed by atoms with Crippen molar-refractivity contribution in [3.63, 3.8) is 0 Å². The fourth-order valence-corrected chi connectivity index (χ4v) is 2.28. The highest BCUT2D eigenvalue weighted by molar-refractivity contribution is 5.49. The van der Waals surface area contributed by atoms with Gasteiger partial charge < -0.3 is 4.74 Å². The molecule has 0 N–H and O–H groups in total. The molecule has 0 aliphatic carbocycles. The molecule has 0 unspecified atom stereocenters. The minimum atomic E-state index is 0.373. The van der Waals surface area contributed by atoms with Crippen LogP contribution in [0.3, 0.4) is 0 Å². The highest BCUT2D eigenvalue weighted by Crippen LogP contribution is 2.17. The molecule has 1 saturated heterocycles. The first-order valence-corrected chi connectivity index (χ1v) is 6.63. The van der Waals surface area contributed by atoms with Crippen LogP contribution in [0.2, 0.25) is 0 Å². The summed E-state index contributed by atoms with van der Waals surface area (Å²) in [6, 6.07) is 9.02. The normalized spacial score (nSPS) is 15.5. The lowest BCUT2D eigenvalue weighted by Gasteiger charge is -2.26. The maximum atomic E-state index is 8.94. The first-order valence-electron chi connectivity index (χ1n) is 6.63. The standard InChI is InChI=1S/C15H17N3O/c16-11-13-4-5-15(10-14(13)12-17)19-9-8-18-6-2-1-3-7-18/h4-5,10H,1-3,6-9H2. The van der Waals surface area contributed by atoms with Crippen molar-refractivity contribution in [1.82, 2.24) is 4.90 Å². The van der Waals surface area contributed by atoms with Crippen molar-refractivity contribution < 1.29 is 4.74 Å². The summed E-state index contributed by atoms with van der Waals surface area (Å²) >= 11 is 0. The van der Waals surface area contributed by atoms with Gasteiger partial charge in [-0.25, -0.2) is 0 Å². The molecule has 4 heteroatoms. The lowest BCUT2D eigenvalue weighted by molar-refractivity contribution is 0.183. The monoisotopic (exact) mass is 255 g/mol. The van der Waals surface area contributed by atoms with Gasteiger partial charge in [-0.1, -0.05) is 6.42 Å². The molecule has 1 heterocycles. The Balaban J connectivity index is 1.86. The second-order valence-electron chi connectivity index (χ2n) is 4.68. The Bertz CT molecular complexity index is 507. The summed E-state index contributed by atoms with van der Waals surface area (Å²) in [4.78, 5) is 2.40. The topological polar surface area (TPSA) is 60.0 Å². The summed E-state index contributed by atoms with van der Waals surface area (Å²) in [5.41, 5.74) is 0.767. The van der Waals surface area contributed by atoms with Crippen LogP contribution in [0.5, 0.6) is 5.75 Å². The Morgan fingerprint density at radius 2 is 1.79 bits per heavy atom. The lowest BCUT2D eigenvalue weighted by atomic mass is 10.1. The zero-order valence-electron chi connectivity index (χ0n) is 10.9. The molecule has 0 amide bonds. The Hall–Kier alpha value is -2.04. The highest BCUT2D eigenvalue weighted by atomic mass is 16.5. The van der Waals surface area contributed by atoms with Gasteiger partial charge in [-0.15, -0.1) is 0 Å². The van der Waals surface area contributed by atoms with Crippen molar-refractivity contribution in [3.05, 3.63) is 29.3 Å². The van der Waals surface area contributed by atoms with Crippen LogP contribution in [0.1, 0.15) is 30.4 Å². The first kappa shape index (κ1) is 13.4. The Morgan fingerprint density at radius 3 is 2.47 bits per heavy atom. The van der Waals surface area contributed by atoms with Crippen molar-refractivity contribution >= 4 is 0 Å². The van der Waals surface area contributed by atoms with Crippen LogP contribution in [0.15, 0.2) is 18.2 Å². The van der Waals surface area contributed by atoms with Gasteiger partial charge in [0.05, 0.1) is 11.1 Å². The number of nitrogens with zero attached hydrogens (tertiary/aromatic N) is 3. The average molecular weight is 255 g/mol. The zero-order chi connectivity index (χ0) is 13.5. The van der Waals surface area contributed by atoms with Gasteiger partial charge in [0.15, 0.2) is 0 Å². The van der Waals surface area contributed by atoms with Gasteiger partial charge in [-0.2, -0.15) is 10.5 Å². The largest absolute Gasteiger partial charge is 0.492 e. The second-order valence-corrected chi connectivity index (χ2v) is 4.68. The van der Waals surface area contributed by atoms with E-state index >= 15 is 0 Å². The summed E-state index contributed by atoms with van der Waals surface area (Å²) in [7, 11) is 0. The summed E-state index contributed by atoms with van der Waals surface area (Å²) in [6.07, 6.45) is 3.88. The molecule has 1 aromatic carbocycles. The van der Waals surface area contributed by atoms with Crippen LogP contribution in [0.25, 0.3) is 0 Å². The van der Waals surface area contributed by atoms with Gasteiger partial charge in [-0.3, -0.25) is 4.90 Å². The molecule has 98 valence electrons. The van der Waals surface area contributed by atoms with E-state index in [-0.39, 0.29) is 0 Å². The quantitative estimate of drug-likeness (QED) is 0.828. The lowest BCUT2D eigenvalue weighted by Crippen LogP contribution is -2.33. The van der Waals surface area contributed by atoms with Crippen molar-refractivity contribution in [2.75, 3.05) is 26.2 Å². The molecule has 0 saturated carbocycles. The number of nitriles is 2. The van der Waals surface area contributed by atoms with Gasteiger partial charge >= 0.3 is 0 Å². The van der Waals surface area contributed by atoms with E-state index in [1.165, 1.54) is 19.3 Å².